The molecule has 0 fully saturated rings. The third-order valence-electron chi connectivity index (χ3n) is 3.89. The van der Waals surface area contributed by atoms with E-state index in [4.69, 9.17) is 0 Å². The van der Waals surface area contributed by atoms with Crippen LogP contribution in [0.1, 0.15) is 15.9 Å². The number of pyridine rings is 2. The van der Waals surface area contributed by atoms with Crippen molar-refractivity contribution in [1.29, 1.82) is 0 Å². The van der Waals surface area contributed by atoms with Crippen molar-refractivity contribution >= 4 is 33.4 Å². The lowest BCUT2D eigenvalue weighted by Gasteiger charge is -2.07. The van der Waals surface area contributed by atoms with Crippen molar-refractivity contribution in [2.24, 2.45) is 0 Å². The van der Waals surface area contributed by atoms with Crippen LogP contribution < -0.4 is 5.32 Å². The molecule has 5 nitrogen and oxygen atoms in total. The summed E-state index contributed by atoms with van der Waals surface area (Å²) in [6.07, 6.45) is -1.44. The van der Waals surface area contributed by atoms with E-state index in [1.165, 1.54) is 18.3 Å². The van der Waals surface area contributed by atoms with Crippen molar-refractivity contribution in [3.8, 4) is 10.6 Å². The van der Waals surface area contributed by atoms with Gasteiger partial charge in [-0.2, -0.15) is 13.2 Å². The number of rotatable bonds is 3. The molecule has 1 amide bonds. The summed E-state index contributed by atoms with van der Waals surface area (Å²) in [6, 6.07) is 11.5. The summed E-state index contributed by atoms with van der Waals surface area (Å²) in [5.74, 6) is -0.0437. The highest BCUT2D eigenvalue weighted by Gasteiger charge is 2.30. The average molecular weight is 400 g/mol. The molecule has 28 heavy (non-hydrogen) atoms. The fraction of sp³-hybridized carbons (Fsp3) is 0.0526. The van der Waals surface area contributed by atoms with Gasteiger partial charge in [0.15, 0.2) is 0 Å². The van der Waals surface area contributed by atoms with E-state index in [0.717, 1.165) is 23.5 Å². The summed E-state index contributed by atoms with van der Waals surface area (Å²) in [4.78, 5) is 25.7. The zero-order valence-corrected chi connectivity index (χ0v) is 14.9. The highest BCUT2D eigenvalue weighted by molar-refractivity contribution is 7.21. The van der Waals surface area contributed by atoms with Gasteiger partial charge in [0.2, 0.25) is 0 Å². The van der Waals surface area contributed by atoms with Crippen LogP contribution >= 0.6 is 11.3 Å². The Balaban J connectivity index is 1.73. The number of alkyl halides is 3. The third-order valence-corrected chi connectivity index (χ3v) is 4.90. The van der Waals surface area contributed by atoms with Gasteiger partial charge in [0.05, 0.1) is 11.1 Å². The molecule has 0 saturated heterocycles. The second-order valence-corrected chi connectivity index (χ2v) is 6.76. The average Bonchev–Trinajstić information content (AvgIpc) is 3.12. The van der Waals surface area contributed by atoms with E-state index < -0.39 is 17.6 Å². The molecule has 4 rings (SSSR count). The fourth-order valence-electron chi connectivity index (χ4n) is 2.59. The van der Waals surface area contributed by atoms with Gasteiger partial charge < -0.3 is 5.32 Å². The minimum Gasteiger partial charge on any atom is -0.306 e. The summed E-state index contributed by atoms with van der Waals surface area (Å²) < 4.78 is 38.9. The lowest BCUT2D eigenvalue weighted by Crippen LogP contribution is -2.13. The molecule has 0 spiro atoms. The Morgan fingerprint density at radius 3 is 2.61 bits per heavy atom. The Kier molecular flexibility index (Phi) is 4.52. The van der Waals surface area contributed by atoms with Crippen LogP contribution in [0.15, 0.2) is 60.9 Å². The molecule has 4 aromatic rings. The second-order valence-electron chi connectivity index (χ2n) is 5.78. The van der Waals surface area contributed by atoms with Crippen LogP contribution in [-0.4, -0.2) is 20.9 Å². The first-order chi connectivity index (χ1) is 13.4. The van der Waals surface area contributed by atoms with Crippen LogP contribution in [0.2, 0.25) is 0 Å². The number of nitrogens with one attached hydrogen (secondary N) is 1. The van der Waals surface area contributed by atoms with Crippen molar-refractivity contribution in [3.05, 3.63) is 72.1 Å². The first-order valence-electron chi connectivity index (χ1n) is 8.07. The maximum Gasteiger partial charge on any atom is 0.416 e. The third kappa shape index (κ3) is 3.56. The predicted molar refractivity (Wildman–Crippen MR) is 100 cm³/mol. The standard InChI is InChI=1S/C19H11F3N4OS/c20-19(21,22)12-5-3-4-11(10-12)17-26-15-13(7-9-24-18(15)28-17)16(27)25-14-6-1-2-8-23-14/h1-10H,(H,23,25,27). The molecule has 0 radical (unpaired) electrons. The lowest BCUT2D eigenvalue weighted by molar-refractivity contribution is -0.137. The number of halogens is 3. The maximum absolute atomic E-state index is 13.0. The van der Waals surface area contributed by atoms with Gasteiger partial charge in [-0.15, -0.1) is 0 Å². The molecule has 0 aliphatic rings. The first-order valence-corrected chi connectivity index (χ1v) is 8.89. The Morgan fingerprint density at radius 2 is 1.86 bits per heavy atom. The van der Waals surface area contributed by atoms with Crippen molar-refractivity contribution < 1.29 is 18.0 Å². The smallest absolute Gasteiger partial charge is 0.306 e. The molecule has 9 heteroatoms. The van der Waals surface area contributed by atoms with Gasteiger partial charge in [-0.1, -0.05) is 29.5 Å². The molecule has 0 unspecified atom stereocenters. The van der Waals surface area contributed by atoms with Crippen LogP contribution in [0.4, 0.5) is 19.0 Å². The predicted octanol–water partition coefficient (Wildman–Crippen LogP) is 5.02. The van der Waals surface area contributed by atoms with Crippen molar-refractivity contribution in [3.63, 3.8) is 0 Å². The molecule has 1 aromatic carbocycles. The van der Waals surface area contributed by atoms with E-state index in [9.17, 15) is 18.0 Å². The van der Waals surface area contributed by atoms with Crippen LogP contribution in [0.5, 0.6) is 0 Å². The minimum absolute atomic E-state index is 0.269. The molecular weight excluding hydrogens is 389 g/mol. The Hall–Kier alpha value is -3.33. The van der Waals surface area contributed by atoms with Crippen LogP contribution in [0.25, 0.3) is 20.9 Å². The monoisotopic (exact) mass is 400 g/mol. The molecule has 0 aliphatic carbocycles. The molecule has 0 bridgehead atoms. The number of benzene rings is 1. The van der Waals surface area contributed by atoms with E-state index in [2.05, 4.69) is 20.3 Å². The Morgan fingerprint density at radius 1 is 1.00 bits per heavy atom. The van der Waals surface area contributed by atoms with Crippen LogP contribution in [0.3, 0.4) is 0 Å². The van der Waals surface area contributed by atoms with Gasteiger partial charge >= 0.3 is 6.18 Å². The number of amides is 1. The normalized spacial score (nSPS) is 11.5. The SMILES string of the molecule is O=C(Nc1ccccn1)c1ccnc2sc(-c3cccc(C(F)(F)F)c3)nc12. The number of hydrogen-bond donors (Lipinski definition) is 1. The van der Waals surface area contributed by atoms with E-state index in [1.807, 2.05) is 0 Å². The quantitative estimate of drug-likeness (QED) is 0.524. The molecular formula is C19H11F3N4OS. The molecule has 0 aliphatic heterocycles. The Bertz CT molecular complexity index is 1160. The van der Waals surface area contributed by atoms with Crippen LogP contribution in [0, 0.1) is 0 Å². The van der Waals surface area contributed by atoms with Crippen molar-refractivity contribution in [2.45, 2.75) is 6.18 Å². The number of carbonyl (C=O) groups is 1. The van der Waals surface area contributed by atoms with Crippen LogP contribution in [-0.2, 0) is 6.18 Å². The summed E-state index contributed by atoms with van der Waals surface area (Å²) in [5.41, 5.74) is 0.151. The maximum atomic E-state index is 13.0. The summed E-state index contributed by atoms with van der Waals surface area (Å²) >= 11 is 1.12. The van der Waals surface area contributed by atoms with Gasteiger partial charge in [0, 0.05) is 18.0 Å². The van der Waals surface area contributed by atoms with Gasteiger partial charge in [-0.25, -0.2) is 15.0 Å². The van der Waals surface area contributed by atoms with Gasteiger partial charge in [0.1, 0.15) is 21.2 Å². The molecule has 1 N–H and O–H groups in total. The van der Waals surface area contributed by atoms with E-state index >= 15 is 0 Å². The summed E-state index contributed by atoms with van der Waals surface area (Å²) in [7, 11) is 0. The lowest BCUT2D eigenvalue weighted by atomic mass is 10.1. The molecule has 3 heterocycles. The first kappa shape index (κ1) is 18.1. The molecule has 0 atom stereocenters. The highest BCUT2D eigenvalue weighted by atomic mass is 32.1. The Labute approximate surface area is 160 Å². The topological polar surface area (TPSA) is 67.8 Å². The number of carbonyl (C=O) groups excluding carboxylic acids is 1. The van der Waals surface area contributed by atoms with E-state index in [-0.39, 0.29) is 5.56 Å². The number of fused-ring (bicyclic) bond motifs is 1. The van der Waals surface area contributed by atoms with Gasteiger partial charge in [0.25, 0.3) is 5.91 Å². The highest BCUT2D eigenvalue weighted by Crippen LogP contribution is 2.35. The second kappa shape index (κ2) is 7.01. The van der Waals surface area contributed by atoms with Crippen molar-refractivity contribution in [2.75, 3.05) is 5.32 Å². The van der Waals surface area contributed by atoms with Gasteiger partial charge in [-0.05, 0) is 30.3 Å². The largest absolute Gasteiger partial charge is 0.416 e. The molecule has 140 valence electrons. The number of hydrogen-bond acceptors (Lipinski definition) is 5. The van der Waals surface area contributed by atoms with Gasteiger partial charge in [-0.3, -0.25) is 4.79 Å². The number of nitrogens with zero attached hydrogens (tertiary/aromatic N) is 3. The number of anilines is 1. The summed E-state index contributed by atoms with van der Waals surface area (Å²) in [6.45, 7) is 0. The summed E-state index contributed by atoms with van der Waals surface area (Å²) in [5, 5.41) is 3.02. The van der Waals surface area contributed by atoms with E-state index in [1.54, 1.807) is 30.5 Å². The zero-order chi connectivity index (χ0) is 19.7. The van der Waals surface area contributed by atoms with Crippen molar-refractivity contribution in [1.82, 2.24) is 15.0 Å². The zero-order valence-electron chi connectivity index (χ0n) is 14.1. The molecule has 3 aromatic heterocycles. The number of thiazole rings is 1. The number of aromatic nitrogens is 3. The fourth-order valence-corrected chi connectivity index (χ4v) is 3.52. The minimum atomic E-state index is -4.45. The van der Waals surface area contributed by atoms with E-state index in [0.29, 0.717) is 26.7 Å². The molecule has 0 saturated carbocycles.